The van der Waals surface area contributed by atoms with Crippen molar-refractivity contribution in [3.63, 3.8) is 0 Å². The minimum atomic E-state index is -0.341. The van der Waals surface area contributed by atoms with Crippen LogP contribution in [0, 0.1) is 5.92 Å². The molecule has 146 valence electrons. The summed E-state index contributed by atoms with van der Waals surface area (Å²) in [6, 6.07) is 12.1. The number of ether oxygens (including phenoxy) is 2. The van der Waals surface area contributed by atoms with Crippen LogP contribution in [0.3, 0.4) is 0 Å². The van der Waals surface area contributed by atoms with Crippen LogP contribution in [0.15, 0.2) is 47.6 Å². The Kier molecular flexibility index (Phi) is 5.93. The molecule has 7 nitrogen and oxygen atoms in total. The lowest BCUT2D eigenvalue weighted by Crippen LogP contribution is -2.19. The quantitative estimate of drug-likeness (QED) is 0.569. The topological polar surface area (TPSA) is 89.0 Å². The number of nitrogens with zero attached hydrogens (tertiary/aromatic N) is 1. The first kappa shape index (κ1) is 19.4. The van der Waals surface area contributed by atoms with Gasteiger partial charge in [-0.15, -0.1) is 0 Å². The molecule has 1 saturated carbocycles. The van der Waals surface area contributed by atoms with Gasteiger partial charge in [-0.05, 0) is 56.2 Å². The van der Waals surface area contributed by atoms with Crippen LogP contribution in [0.4, 0.5) is 5.69 Å². The maximum atomic E-state index is 12.3. The molecule has 2 aromatic rings. The highest BCUT2D eigenvalue weighted by molar-refractivity contribution is 6.03. The Labute approximate surface area is 163 Å². The number of hydrogen-bond acceptors (Lipinski definition) is 5. The number of carbonyl (C=O) groups is 2. The van der Waals surface area contributed by atoms with E-state index in [1.807, 2.05) is 6.07 Å². The molecule has 0 radical (unpaired) electrons. The molecule has 0 unspecified atom stereocenters. The van der Waals surface area contributed by atoms with E-state index < -0.39 is 0 Å². The second-order valence-electron chi connectivity index (χ2n) is 6.55. The minimum Gasteiger partial charge on any atom is -0.497 e. The number of anilines is 1. The molecule has 0 saturated heterocycles. The first-order valence-electron chi connectivity index (χ1n) is 8.99. The third-order valence-corrected chi connectivity index (χ3v) is 4.49. The second kappa shape index (κ2) is 8.56. The Morgan fingerprint density at radius 1 is 1.04 bits per heavy atom. The van der Waals surface area contributed by atoms with E-state index in [4.69, 9.17) is 9.47 Å². The Morgan fingerprint density at radius 2 is 1.75 bits per heavy atom. The molecule has 0 heterocycles. The minimum absolute atomic E-state index is 0.0332. The van der Waals surface area contributed by atoms with Crippen molar-refractivity contribution in [3.8, 4) is 11.5 Å². The number of nitrogens with one attached hydrogen (secondary N) is 2. The van der Waals surface area contributed by atoms with Gasteiger partial charge in [-0.2, -0.15) is 5.10 Å². The number of benzene rings is 2. The molecular formula is C21H23N3O4. The summed E-state index contributed by atoms with van der Waals surface area (Å²) in [6.07, 6.45) is 1.89. The zero-order valence-electron chi connectivity index (χ0n) is 16.1. The van der Waals surface area contributed by atoms with Gasteiger partial charge in [0.2, 0.25) is 5.91 Å². The van der Waals surface area contributed by atoms with Crippen LogP contribution in [0.1, 0.15) is 35.7 Å². The molecule has 1 aliphatic rings. The van der Waals surface area contributed by atoms with Crippen molar-refractivity contribution in [2.45, 2.75) is 19.8 Å². The van der Waals surface area contributed by atoms with Gasteiger partial charge in [-0.3, -0.25) is 9.59 Å². The number of carbonyl (C=O) groups excluding carboxylic acids is 2. The highest BCUT2D eigenvalue weighted by Gasteiger charge is 2.29. The van der Waals surface area contributed by atoms with Crippen molar-refractivity contribution < 1.29 is 19.1 Å². The van der Waals surface area contributed by atoms with E-state index in [0.29, 0.717) is 28.5 Å². The second-order valence-corrected chi connectivity index (χ2v) is 6.55. The third-order valence-electron chi connectivity index (χ3n) is 4.49. The van der Waals surface area contributed by atoms with Crippen LogP contribution in [-0.2, 0) is 4.79 Å². The van der Waals surface area contributed by atoms with Gasteiger partial charge in [0.15, 0.2) is 0 Å². The summed E-state index contributed by atoms with van der Waals surface area (Å²) in [4.78, 5) is 24.1. The fraction of sp³-hybridized carbons (Fsp3) is 0.286. The maximum Gasteiger partial charge on any atom is 0.271 e. The van der Waals surface area contributed by atoms with Crippen LogP contribution in [0.25, 0.3) is 0 Å². The first-order valence-corrected chi connectivity index (χ1v) is 8.99. The van der Waals surface area contributed by atoms with Gasteiger partial charge in [-0.1, -0.05) is 0 Å². The Bertz CT molecular complexity index is 902. The fourth-order valence-corrected chi connectivity index (χ4v) is 2.65. The average molecular weight is 381 g/mol. The van der Waals surface area contributed by atoms with Crippen molar-refractivity contribution in [1.82, 2.24) is 5.43 Å². The first-order chi connectivity index (χ1) is 13.5. The number of hydrogen-bond donors (Lipinski definition) is 2. The molecule has 1 fully saturated rings. The molecule has 0 bridgehead atoms. The molecule has 0 atom stereocenters. The van der Waals surface area contributed by atoms with E-state index in [9.17, 15) is 9.59 Å². The maximum absolute atomic E-state index is 12.3. The van der Waals surface area contributed by atoms with E-state index >= 15 is 0 Å². The molecule has 2 aromatic carbocycles. The average Bonchev–Trinajstić information content (AvgIpc) is 3.57. The lowest BCUT2D eigenvalue weighted by molar-refractivity contribution is -0.117. The molecule has 0 aromatic heterocycles. The zero-order valence-corrected chi connectivity index (χ0v) is 16.1. The summed E-state index contributed by atoms with van der Waals surface area (Å²) < 4.78 is 10.5. The predicted octanol–water partition coefficient (Wildman–Crippen LogP) is 3.21. The molecule has 3 rings (SSSR count). The van der Waals surface area contributed by atoms with Crippen molar-refractivity contribution in [2.24, 2.45) is 11.0 Å². The van der Waals surface area contributed by atoms with E-state index in [1.165, 1.54) is 0 Å². The van der Waals surface area contributed by atoms with Crippen molar-refractivity contribution in [2.75, 3.05) is 19.5 Å². The molecular weight excluding hydrogens is 358 g/mol. The Morgan fingerprint density at radius 3 is 2.36 bits per heavy atom. The largest absolute Gasteiger partial charge is 0.497 e. The van der Waals surface area contributed by atoms with E-state index in [1.54, 1.807) is 57.5 Å². The number of methoxy groups -OCH3 is 2. The van der Waals surface area contributed by atoms with Crippen LogP contribution in [0.5, 0.6) is 11.5 Å². The smallest absolute Gasteiger partial charge is 0.271 e. The summed E-state index contributed by atoms with van der Waals surface area (Å²) >= 11 is 0. The van der Waals surface area contributed by atoms with Gasteiger partial charge in [0.25, 0.3) is 5.91 Å². The summed E-state index contributed by atoms with van der Waals surface area (Å²) in [5.74, 6) is 1.10. The van der Waals surface area contributed by atoms with Gasteiger partial charge in [0, 0.05) is 28.8 Å². The van der Waals surface area contributed by atoms with Crippen molar-refractivity contribution in [1.29, 1.82) is 0 Å². The molecule has 2 amide bonds. The van der Waals surface area contributed by atoms with E-state index in [0.717, 1.165) is 18.4 Å². The number of hydrazone groups is 1. The van der Waals surface area contributed by atoms with E-state index in [2.05, 4.69) is 15.8 Å². The zero-order chi connectivity index (χ0) is 20.1. The molecule has 28 heavy (non-hydrogen) atoms. The molecule has 0 spiro atoms. The van der Waals surface area contributed by atoms with Gasteiger partial charge in [0.05, 0.1) is 19.9 Å². The SMILES string of the molecule is COc1ccc(/C(C)=N/NC(=O)c2ccc(NC(=O)C3CC3)cc2)c(OC)c1. The predicted molar refractivity (Wildman–Crippen MR) is 107 cm³/mol. The van der Waals surface area contributed by atoms with Crippen LogP contribution >= 0.6 is 0 Å². The molecule has 1 aliphatic carbocycles. The van der Waals surface area contributed by atoms with Crippen LogP contribution in [0.2, 0.25) is 0 Å². The van der Waals surface area contributed by atoms with Gasteiger partial charge in [-0.25, -0.2) is 5.43 Å². The fourth-order valence-electron chi connectivity index (χ4n) is 2.65. The summed E-state index contributed by atoms with van der Waals surface area (Å²) in [6.45, 7) is 1.78. The van der Waals surface area contributed by atoms with Crippen molar-refractivity contribution in [3.05, 3.63) is 53.6 Å². The highest BCUT2D eigenvalue weighted by Crippen LogP contribution is 2.30. The molecule has 2 N–H and O–H groups in total. The normalized spacial score (nSPS) is 13.6. The lowest BCUT2D eigenvalue weighted by atomic mass is 10.1. The third kappa shape index (κ3) is 4.68. The summed E-state index contributed by atoms with van der Waals surface area (Å²) in [5.41, 5.74) is 5.01. The van der Waals surface area contributed by atoms with Crippen LogP contribution < -0.4 is 20.2 Å². The van der Waals surface area contributed by atoms with Gasteiger partial charge >= 0.3 is 0 Å². The standard InChI is InChI=1S/C21H23N3O4/c1-13(18-11-10-17(27-2)12-19(18)28-3)23-24-21(26)15-6-8-16(9-7-15)22-20(25)14-4-5-14/h6-12,14H,4-5H2,1-3H3,(H,22,25)(H,24,26)/b23-13+. The van der Waals surface area contributed by atoms with Crippen molar-refractivity contribution >= 4 is 23.2 Å². The highest BCUT2D eigenvalue weighted by atomic mass is 16.5. The molecule has 7 heteroatoms. The Balaban J connectivity index is 1.64. The van der Waals surface area contributed by atoms with Crippen LogP contribution in [-0.4, -0.2) is 31.7 Å². The molecule has 0 aliphatic heterocycles. The van der Waals surface area contributed by atoms with E-state index in [-0.39, 0.29) is 17.7 Å². The van der Waals surface area contributed by atoms with Gasteiger partial charge in [0.1, 0.15) is 11.5 Å². The Hall–Kier alpha value is -3.35. The summed E-state index contributed by atoms with van der Waals surface area (Å²) in [7, 11) is 3.14. The number of amides is 2. The number of rotatable bonds is 7. The van der Waals surface area contributed by atoms with Gasteiger partial charge < -0.3 is 14.8 Å². The monoisotopic (exact) mass is 381 g/mol. The lowest BCUT2D eigenvalue weighted by Gasteiger charge is -2.10. The summed E-state index contributed by atoms with van der Waals surface area (Å²) in [5, 5.41) is 7.01.